The minimum absolute atomic E-state index is 0.00109. The number of rotatable bonds is 6. The fourth-order valence-corrected chi connectivity index (χ4v) is 5.15. The second-order valence-corrected chi connectivity index (χ2v) is 9.54. The van der Waals surface area contributed by atoms with E-state index < -0.39 is 10.0 Å². The fourth-order valence-electron chi connectivity index (χ4n) is 3.68. The fraction of sp³-hybridized carbons (Fsp3) is 0.706. The zero-order valence-electron chi connectivity index (χ0n) is 13.9. The van der Waals surface area contributed by atoms with E-state index in [-0.39, 0.29) is 10.9 Å². The average Bonchev–Trinajstić information content (AvgIpc) is 3.39. The highest BCUT2D eigenvalue weighted by Crippen LogP contribution is 2.36. The molecule has 4 rings (SSSR count). The van der Waals surface area contributed by atoms with Crippen LogP contribution in [-0.4, -0.2) is 55.4 Å². The second-order valence-electron chi connectivity index (χ2n) is 7.49. The van der Waals surface area contributed by atoms with Crippen LogP contribution in [-0.2, 0) is 21.3 Å². The van der Waals surface area contributed by atoms with Crippen LogP contribution in [0.2, 0.25) is 0 Å². The van der Waals surface area contributed by atoms with Crippen molar-refractivity contribution in [2.45, 2.75) is 43.1 Å². The van der Waals surface area contributed by atoms with Gasteiger partial charge in [0.25, 0.3) is 0 Å². The quantitative estimate of drug-likeness (QED) is 0.832. The lowest BCUT2D eigenvalue weighted by molar-refractivity contribution is -0.181. The molecule has 1 aliphatic carbocycles. The molecule has 3 aliphatic rings. The number of likely N-dealkylation sites (tertiary alicyclic amines) is 1. The van der Waals surface area contributed by atoms with Crippen molar-refractivity contribution >= 4 is 10.0 Å². The van der Waals surface area contributed by atoms with Gasteiger partial charge in [0.05, 0.1) is 17.5 Å². The summed E-state index contributed by atoms with van der Waals surface area (Å²) in [7, 11) is -3.07. The maximum absolute atomic E-state index is 11.9. The zero-order valence-corrected chi connectivity index (χ0v) is 14.7. The largest absolute Gasteiger partial charge is 0.372 e. The highest BCUT2D eigenvalue weighted by atomic mass is 32.2. The Balaban J connectivity index is 1.20. The molecule has 1 unspecified atom stereocenters. The number of hydrogen-bond acceptors (Lipinski definition) is 5. The van der Waals surface area contributed by atoms with Gasteiger partial charge in [0.2, 0.25) is 10.0 Å². The molecule has 132 valence electrons. The summed E-state index contributed by atoms with van der Waals surface area (Å²) in [6, 6.07) is 4.10. The molecule has 1 spiro atoms. The monoisotopic (exact) mass is 351 g/mol. The first-order valence-electron chi connectivity index (χ1n) is 8.78. The number of nitrogens with zero attached hydrogens (tertiary/aromatic N) is 2. The predicted molar refractivity (Wildman–Crippen MR) is 90.9 cm³/mol. The molecule has 1 N–H and O–H groups in total. The van der Waals surface area contributed by atoms with Gasteiger partial charge in [0, 0.05) is 38.6 Å². The van der Waals surface area contributed by atoms with Crippen molar-refractivity contribution in [3.05, 3.63) is 30.1 Å². The maximum atomic E-state index is 11.9. The summed E-state index contributed by atoms with van der Waals surface area (Å²) in [4.78, 5) is 6.44. The van der Waals surface area contributed by atoms with Crippen LogP contribution < -0.4 is 4.72 Å². The van der Waals surface area contributed by atoms with E-state index in [0.29, 0.717) is 19.1 Å². The van der Waals surface area contributed by atoms with Gasteiger partial charge in [-0.05, 0) is 49.3 Å². The van der Waals surface area contributed by atoms with E-state index in [2.05, 4.69) is 26.7 Å². The summed E-state index contributed by atoms with van der Waals surface area (Å²) in [5.74, 6) is 0.304. The van der Waals surface area contributed by atoms with Crippen molar-refractivity contribution in [3.63, 3.8) is 0 Å². The average molecular weight is 351 g/mol. The SMILES string of the molecule is O=S(=O)(NCC1CCC2(CN(Cc3ccncc3)C2)OC1)C1CC1. The lowest BCUT2D eigenvalue weighted by Crippen LogP contribution is -2.64. The number of pyridine rings is 1. The molecule has 1 aromatic heterocycles. The Morgan fingerprint density at radius 1 is 1.25 bits per heavy atom. The van der Waals surface area contributed by atoms with Gasteiger partial charge in [-0.2, -0.15) is 0 Å². The van der Waals surface area contributed by atoms with Gasteiger partial charge in [-0.25, -0.2) is 13.1 Å². The lowest BCUT2D eigenvalue weighted by atomic mass is 9.83. The van der Waals surface area contributed by atoms with E-state index in [4.69, 9.17) is 4.74 Å². The zero-order chi connectivity index (χ0) is 16.6. The van der Waals surface area contributed by atoms with Gasteiger partial charge in [0.1, 0.15) is 0 Å². The molecular formula is C17H25N3O3S. The first-order chi connectivity index (χ1) is 11.5. The Morgan fingerprint density at radius 3 is 2.62 bits per heavy atom. The van der Waals surface area contributed by atoms with Crippen molar-refractivity contribution in [3.8, 4) is 0 Å². The third-order valence-corrected chi connectivity index (χ3v) is 7.27. The van der Waals surface area contributed by atoms with Crippen LogP contribution in [0.4, 0.5) is 0 Å². The van der Waals surface area contributed by atoms with Crippen molar-refractivity contribution in [1.82, 2.24) is 14.6 Å². The normalized spacial score (nSPS) is 27.1. The summed E-state index contributed by atoms with van der Waals surface area (Å²) >= 11 is 0. The molecule has 0 radical (unpaired) electrons. The van der Waals surface area contributed by atoms with E-state index >= 15 is 0 Å². The molecule has 6 nitrogen and oxygen atoms in total. The molecule has 2 aliphatic heterocycles. The van der Waals surface area contributed by atoms with E-state index in [1.165, 1.54) is 5.56 Å². The number of ether oxygens (including phenoxy) is 1. The van der Waals surface area contributed by atoms with Gasteiger partial charge < -0.3 is 4.74 Å². The van der Waals surface area contributed by atoms with E-state index in [0.717, 1.165) is 45.3 Å². The Bertz CT molecular complexity index is 660. The molecule has 3 fully saturated rings. The van der Waals surface area contributed by atoms with Crippen molar-refractivity contribution in [2.24, 2.45) is 5.92 Å². The van der Waals surface area contributed by atoms with Gasteiger partial charge >= 0.3 is 0 Å². The van der Waals surface area contributed by atoms with Gasteiger partial charge in [-0.15, -0.1) is 0 Å². The smallest absolute Gasteiger partial charge is 0.214 e. The highest BCUT2D eigenvalue weighted by molar-refractivity contribution is 7.90. The molecular weight excluding hydrogens is 326 g/mol. The first kappa shape index (κ1) is 16.4. The van der Waals surface area contributed by atoms with Gasteiger partial charge in [-0.3, -0.25) is 9.88 Å². The summed E-state index contributed by atoms with van der Waals surface area (Å²) in [6.07, 6.45) is 7.34. The first-order valence-corrected chi connectivity index (χ1v) is 10.3. The van der Waals surface area contributed by atoms with E-state index in [1.807, 2.05) is 12.4 Å². The molecule has 1 atom stereocenters. The molecule has 24 heavy (non-hydrogen) atoms. The number of nitrogens with one attached hydrogen (secondary N) is 1. The summed E-state index contributed by atoms with van der Waals surface area (Å²) in [5, 5.41) is -0.137. The standard InChI is InChI=1S/C17H25N3O3S/c21-24(22,16-1-2-16)19-9-15-3-6-17(23-11-15)12-20(13-17)10-14-4-7-18-8-5-14/h4-5,7-8,15-16,19H,1-3,6,9-13H2. The van der Waals surface area contributed by atoms with Crippen molar-refractivity contribution in [1.29, 1.82) is 0 Å². The number of sulfonamides is 1. The molecule has 3 heterocycles. The van der Waals surface area contributed by atoms with Crippen LogP contribution >= 0.6 is 0 Å². The molecule has 2 saturated heterocycles. The minimum Gasteiger partial charge on any atom is -0.372 e. The second kappa shape index (κ2) is 6.37. The van der Waals surface area contributed by atoms with Gasteiger partial charge in [-0.1, -0.05) is 0 Å². The Morgan fingerprint density at radius 2 is 2.00 bits per heavy atom. The topological polar surface area (TPSA) is 71.5 Å². The molecule has 0 amide bonds. The number of aromatic nitrogens is 1. The molecule has 0 aromatic carbocycles. The molecule has 7 heteroatoms. The third-order valence-electron chi connectivity index (χ3n) is 5.35. The number of hydrogen-bond donors (Lipinski definition) is 1. The molecule has 0 bridgehead atoms. The van der Waals surface area contributed by atoms with Crippen LogP contribution in [0.3, 0.4) is 0 Å². The van der Waals surface area contributed by atoms with Crippen LogP contribution in [0.5, 0.6) is 0 Å². The molecule has 1 aromatic rings. The Hall–Kier alpha value is -1.02. The van der Waals surface area contributed by atoms with Gasteiger partial charge in [0.15, 0.2) is 0 Å². The van der Waals surface area contributed by atoms with Crippen LogP contribution in [0.25, 0.3) is 0 Å². The van der Waals surface area contributed by atoms with Crippen LogP contribution in [0, 0.1) is 5.92 Å². The maximum Gasteiger partial charge on any atom is 0.214 e. The summed E-state index contributed by atoms with van der Waals surface area (Å²) in [5.41, 5.74) is 1.28. The van der Waals surface area contributed by atoms with Crippen LogP contribution in [0.15, 0.2) is 24.5 Å². The minimum atomic E-state index is -3.07. The lowest BCUT2D eigenvalue weighted by Gasteiger charge is -2.53. The third kappa shape index (κ3) is 3.64. The summed E-state index contributed by atoms with van der Waals surface area (Å²) in [6.45, 7) is 4.07. The Labute approximate surface area is 143 Å². The van der Waals surface area contributed by atoms with E-state index in [9.17, 15) is 8.42 Å². The molecule has 1 saturated carbocycles. The summed E-state index contributed by atoms with van der Waals surface area (Å²) < 4.78 is 32.7. The van der Waals surface area contributed by atoms with E-state index in [1.54, 1.807) is 0 Å². The van der Waals surface area contributed by atoms with Crippen LogP contribution in [0.1, 0.15) is 31.2 Å². The van der Waals surface area contributed by atoms with Crippen molar-refractivity contribution in [2.75, 3.05) is 26.2 Å². The Kier molecular flexibility index (Phi) is 4.36. The predicted octanol–water partition coefficient (Wildman–Crippen LogP) is 1.14. The van der Waals surface area contributed by atoms with Crippen molar-refractivity contribution < 1.29 is 13.2 Å². The highest BCUT2D eigenvalue weighted by Gasteiger charge is 2.46.